The smallest absolute Gasteiger partial charge is 0.191 e. The summed E-state index contributed by atoms with van der Waals surface area (Å²) in [5, 5.41) is 0.864. The molecule has 0 saturated heterocycles. The van der Waals surface area contributed by atoms with E-state index in [1.807, 2.05) is 0 Å². The lowest BCUT2D eigenvalue weighted by Gasteiger charge is -1.93. The summed E-state index contributed by atoms with van der Waals surface area (Å²) in [6.45, 7) is 0. The number of benzene rings is 1. The molecule has 1 rings (SSSR count). The summed E-state index contributed by atoms with van der Waals surface area (Å²) >= 11 is 11.4. The molecule has 0 heterocycles. The average Bonchev–Trinajstić information content (AvgIpc) is 1.98. The van der Waals surface area contributed by atoms with Gasteiger partial charge in [0.25, 0.3) is 0 Å². The zero-order valence-corrected chi connectivity index (χ0v) is 7.58. The summed E-state index contributed by atoms with van der Waals surface area (Å²) < 4.78 is 13.5. The third-order valence-corrected chi connectivity index (χ3v) is 2.07. The van der Waals surface area contributed by atoms with E-state index < -0.39 is 0 Å². The Balaban J connectivity index is 3.14. The van der Waals surface area contributed by atoms with Crippen LogP contribution in [0, 0.1) is 0 Å². The molecule has 2 nitrogen and oxygen atoms in total. The molecular weight excluding hydrogens is 205 g/mol. The quantitative estimate of drug-likeness (QED) is 0.697. The van der Waals surface area contributed by atoms with Crippen LogP contribution in [-0.4, -0.2) is 4.21 Å². The predicted molar refractivity (Wildman–Crippen MR) is 46.7 cm³/mol. The highest BCUT2D eigenvalue weighted by Gasteiger charge is 1.96. The van der Waals surface area contributed by atoms with E-state index in [4.69, 9.17) is 23.2 Å². The second-order valence-corrected chi connectivity index (χ2v) is 2.91. The number of rotatable bonds is 1. The zero-order valence-electron chi connectivity index (χ0n) is 5.25. The van der Waals surface area contributed by atoms with E-state index in [9.17, 15) is 4.21 Å². The summed E-state index contributed by atoms with van der Waals surface area (Å²) in [5.74, 6) is 0. The fourth-order valence-electron chi connectivity index (χ4n) is 0.585. The molecule has 0 saturated carbocycles. The van der Waals surface area contributed by atoms with Gasteiger partial charge in [-0.2, -0.15) is 8.57 Å². The standard InChI is InChI=1S/C6H3Cl2NOS/c7-5-2-1-4(9-11-10)3-6(5)8/h1-3H. The first-order valence-electron chi connectivity index (χ1n) is 2.69. The Hall–Kier alpha value is -0.380. The summed E-state index contributed by atoms with van der Waals surface area (Å²) in [4.78, 5) is 0. The molecule has 0 aliphatic carbocycles. The Morgan fingerprint density at radius 2 is 2.00 bits per heavy atom. The molecule has 0 radical (unpaired) electrons. The minimum absolute atomic E-state index is 0.143. The monoisotopic (exact) mass is 207 g/mol. The fraction of sp³-hybridized carbons (Fsp3) is 0. The van der Waals surface area contributed by atoms with E-state index in [1.54, 1.807) is 12.1 Å². The largest absolute Gasteiger partial charge is 0.205 e. The SMILES string of the molecule is O=S=Nc1ccc(Cl)c(Cl)c1. The first-order valence-corrected chi connectivity index (χ1v) is 4.14. The van der Waals surface area contributed by atoms with Gasteiger partial charge in [-0.05, 0) is 18.2 Å². The van der Waals surface area contributed by atoms with Gasteiger partial charge in [-0.25, -0.2) is 0 Å². The van der Waals surface area contributed by atoms with Crippen LogP contribution in [0.5, 0.6) is 0 Å². The van der Waals surface area contributed by atoms with Gasteiger partial charge in [0.2, 0.25) is 11.5 Å². The summed E-state index contributed by atoms with van der Waals surface area (Å²) in [6, 6.07) is 4.76. The highest BCUT2D eigenvalue weighted by atomic mass is 35.5. The van der Waals surface area contributed by atoms with Crippen LogP contribution in [0.25, 0.3) is 0 Å². The molecule has 0 amide bonds. The number of hydrogen-bond donors (Lipinski definition) is 0. The van der Waals surface area contributed by atoms with Crippen LogP contribution in [0.1, 0.15) is 0 Å². The topological polar surface area (TPSA) is 29.4 Å². The molecule has 0 aliphatic rings. The Morgan fingerprint density at radius 3 is 2.55 bits per heavy atom. The van der Waals surface area contributed by atoms with Gasteiger partial charge in [-0.15, -0.1) is 0 Å². The molecular formula is C6H3Cl2NOS. The van der Waals surface area contributed by atoms with Gasteiger partial charge < -0.3 is 0 Å². The number of nitrogens with zero attached hydrogens (tertiary/aromatic N) is 1. The van der Waals surface area contributed by atoms with Crippen molar-refractivity contribution in [1.29, 1.82) is 0 Å². The fourth-order valence-corrected chi connectivity index (χ4v) is 1.08. The lowest BCUT2D eigenvalue weighted by molar-refractivity contribution is 0.698. The molecule has 5 heteroatoms. The summed E-state index contributed by atoms with van der Waals surface area (Å²) in [5.41, 5.74) is 0.527. The van der Waals surface area contributed by atoms with Crippen molar-refractivity contribution in [2.75, 3.05) is 0 Å². The molecule has 1 aromatic carbocycles. The maximum Gasteiger partial charge on any atom is 0.205 e. The molecule has 0 N–H and O–H groups in total. The van der Waals surface area contributed by atoms with Crippen molar-refractivity contribution in [2.24, 2.45) is 4.36 Å². The van der Waals surface area contributed by atoms with Crippen LogP contribution in [0.15, 0.2) is 22.6 Å². The van der Waals surface area contributed by atoms with Crippen molar-refractivity contribution < 1.29 is 4.21 Å². The molecule has 0 atom stereocenters. The zero-order chi connectivity index (χ0) is 8.27. The summed E-state index contributed by atoms with van der Waals surface area (Å²) in [6.07, 6.45) is 0. The molecule has 0 fully saturated rings. The van der Waals surface area contributed by atoms with Crippen LogP contribution < -0.4 is 0 Å². The van der Waals surface area contributed by atoms with Crippen LogP contribution in [-0.2, 0) is 11.5 Å². The second-order valence-electron chi connectivity index (χ2n) is 1.76. The Bertz CT molecular complexity index is 322. The molecule has 11 heavy (non-hydrogen) atoms. The van der Waals surface area contributed by atoms with E-state index in [-0.39, 0.29) is 11.5 Å². The molecule has 0 aliphatic heterocycles. The first kappa shape index (κ1) is 8.71. The molecule has 58 valence electrons. The van der Waals surface area contributed by atoms with Crippen LogP contribution in [0.3, 0.4) is 0 Å². The van der Waals surface area contributed by atoms with Gasteiger partial charge in [0.1, 0.15) is 0 Å². The Labute approximate surface area is 77.4 Å². The van der Waals surface area contributed by atoms with Crippen molar-refractivity contribution in [3.8, 4) is 0 Å². The third kappa shape index (κ3) is 2.29. The summed E-state index contributed by atoms with van der Waals surface area (Å²) in [7, 11) is 0. The van der Waals surface area contributed by atoms with Crippen molar-refractivity contribution in [3.05, 3.63) is 28.2 Å². The highest BCUT2D eigenvalue weighted by molar-refractivity contribution is 7.54. The maximum atomic E-state index is 9.97. The minimum atomic E-state index is 0.143. The average molecular weight is 208 g/mol. The lowest BCUT2D eigenvalue weighted by atomic mass is 10.3. The van der Waals surface area contributed by atoms with Crippen molar-refractivity contribution in [3.63, 3.8) is 0 Å². The lowest BCUT2D eigenvalue weighted by Crippen LogP contribution is -1.67. The number of hydrogen-bond acceptors (Lipinski definition) is 2. The van der Waals surface area contributed by atoms with Crippen molar-refractivity contribution >= 4 is 40.4 Å². The van der Waals surface area contributed by atoms with Gasteiger partial charge >= 0.3 is 0 Å². The predicted octanol–water partition coefficient (Wildman–Crippen LogP) is 3.02. The molecule has 0 aromatic heterocycles. The van der Waals surface area contributed by atoms with Crippen LogP contribution >= 0.6 is 23.2 Å². The van der Waals surface area contributed by atoms with Gasteiger partial charge in [0.15, 0.2) is 0 Å². The molecule has 0 bridgehead atoms. The first-order chi connectivity index (χ1) is 5.24. The van der Waals surface area contributed by atoms with Gasteiger partial charge in [0.05, 0.1) is 15.7 Å². The van der Waals surface area contributed by atoms with Gasteiger partial charge in [-0.3, -0.25) is 0 Å². The van der Waals surface area contributed by atoms with E-state index >= 15 is 0 Å². The van der Waals surface area contributed by atoms with Crippen molar-refractivity contribution in [2.45, 2.75) is 0 Å². The van der Waals surface area contributed by atoms with Crippen LogP contribution in [0.2, 0.25) is 10.0 Å². The van der Waals surface area contributed by atoms with Gasteiger partial charge in [-0.1, -0.05) is 23.2 Å². The molecule has 0 spiro atoms. The normalized spacial score (nSPS) is 9.27. The Morgan fingerprint density at radius 1 is 1.27 bits per heavy atom. The van der Waals surface area contributed by atoms with E-state index in [0.29, 0.717) is 15.7 Å². The maximum absolute atomic E-state index is 9.97. The van der Waals surface area contributed by atoms with Gasteiger partial charge in [0, 0.05) is 0 Å². The minimum Gasteiger partial charge on any atom is -0.191 e. The van der Waals surface area contributed by atoms with E-state index in [1.165, 1.54) is 6.07 Å². The van der Waals surface area contributed by atoms with E-state index in [0.717, 1.165) is 0 Å². The Kier molecular flexibility index (Phi) is 3.05. The number of halogens is 2. The molecule has 1 aromatic rings. The van der Waals surface area contributed by atoms with Crippen LogP contribution in [0.4, 0.5) is 5.69 Å². The highest BCUT2D eigenvalue weighted by Crippen LogP contribution is 2.26. The van der Waals surface area contributed by atoms with Crippen molar-refractivity contribution in [1.82, 2.24) is 0 Å². The van der Waals surface area contributed by atoms with E-state index in [2.05, 4.69) is 4.36 Å². The second kappa shape index (κ2) is 3.85. The molecule has 0 unspecified atom stereocenters. The third-order valence-electron chi connectivity index (χ3n) is 1.05.